The molecule has 1 aliphatic carbocycles. The first-order valence-electron chi connectivity index (χ1n) is 6.26. The van der Waals surface area contributed by atoms with Crippen LogP contribution in [-0.4, -0.2) is 35.8 Å². The van der Waals surface area contributed by atoms with Gasteiger partial charge in [0.05, 0.1) is 6.54 Å². The molecule has 0 radical (unpaired) electrons. The van der Waals surface area contributed by atoms with Crippen molar-refractivity contribution in [2.75, 3.05) is 17.6 Å². The number of amides is 1. The Morgan fingerprint density at radius 3 is 2.67 bits per heavy atom. The number of hydrogen-bond acceptors (Lipinski definition) is 5. The number of halogens is 4. The van der Waals surface area contributed by atoms with Crippen molar-refractivity contribution < 1.29 is 22.4 Å². The number of alkyl halides is 4. The maximum Gasteiger partial charge on any atom is 0.324 e. The molecular weight excluding hydrogens is 312 g/mol. The average Bonchev–Trinajstić information content (AvgIpc) is 2.72. The number of aromatic nitrogens is 1. The molecule has 1 saturated carbocycles. The molecule has 1 aromatic rings. The summed E-state index contributed by atoms with van der Waals surface area (Å²) in [5.41, 5.74) is 5.54. The Kier molecular flexibility index (Phi) is 4.55. The van der Waals surface area contributed by atoms with Crippen molar-refractivity contribution >= 4 is 28.2 Å². The molecule has 0 saturated heterocycles. The summed E-state index contributed by atoms with van der Waals surface area (Å²) < 4.78 is 49.5. The van der Waals surface area contributed by atoms with Crippen molar-refractivity contribution in [1.82, 2.24) is 10.3 Å². The van der Waals surface area contributed by atoms with Crippen molar-refractivity contribution in [3.63, 3.8) is 0 Å². The Bertz CT molecular complexity index is 518. The van der Waals surface area contributed by atoms with Gasteiger partial charge < -0.3 is 16.4 Å². The van der Waals surface area contributed by atoms with Crippen molar-refractivity contribution in [2.45, 2.75) is 37.7 Å². The number of nitrogen functional groups attached to an aromatic ring is 1. The van der Waals surface area contributed by atoms with Crippen LogP contribution in [0.25, 0.3) is 0 Å². The third kappa shape index (κ3) is 3.74. The summed E-state index contributed by atoms with van der Waals surface area (Å²) in [6.45, 7) is -1.45. The second-order valence-corrected chi connectivity index (χ2v) is 5.75. The summed E-state index contributed by atoms with van der Waals surface area (Å²) in [6.07, 6.45) is -0.759. The van der Waals surface area contributed by atoms with Gasteiger partial charge in [-0.15, -0.1) is 0 Å². The van der Waals surface area contributed by atoms with E-state index in [1.165, 1.54) is 0 Å². The van der Waals surface area contributed by atoms with Gasteiger partial charge in [-0.2, -0.15) is 8.78 Å². The lowest BCUT2D eigenvalue weighted by atomic mass is 9.93. The van der Waals surface area contributed by atoms with Crippen LogP contribution in [0.5, 0.6) is 0 Å². The van der Waals surface area contributed by atoms with Crippen molar-refractivity contribution in [2.24, 2.45) is 0 Å². The van der Waals surface area contributed by atoms with Gasteiger partial charge in [-0.3, -0.25) is 4.79 Å². The summed E-state index contributed by atoms with van der Waals surface area (Å²) in [6, 6.07) is 0.273. The van der Waals surface area contributed by atoms with Crippen LogP contribution in [0.4, 0.5) is 28.5 Å². The molecule has 1 heterocycles. The molecule has 1 amide bonds. The first-order valence-corrected chi connectivity index (χ1v) is 7.08. The van der Waals surface area contributed by atoms with E-state index in [0.717, 1.165) is 30.6 Å². The first kappa shape index (κ1) is 15.8. The number of carbonyl (C=O) groups is 1. The van der Waals surface area contributed by atoms with Crippen LogP contribution in [0.1, 0.15) is 28.9 Å². The van der Waals surface area contributed by atoms with Crippen LogP contribution in [0.3, 0.4) is 0 Å². The fraction of sp³-hybridized carbons (Fsp3) is 0.636. The predicted molar refractivity (Wildman–Crippen MR) is 71.1 cm³/mol. The van der Waals surface area contributed by atoms with Gasteiger partial charge >= 0.3 is 12.3 Å². The number of hydrogen-bond donors (Lipinski definition) is 3. The van der Waals surface area contributed by atoms with E-state index in [2.05, 4.69) is 10.3 Å². The minimum Gasteiger partial charge on any atom is -0.382 e. The molecule has 0 spiro atoms. The highest BCUT2D eigenvalue weighted by molar-refractivity contribution is 7.18. The average molecular weight is 326 g/mol. The molecule has 10 heteroatoms. The maximum atomic E-state index is 12.7. The summed E-state index contributed by atoms with van der Waals surface area (Å²) in [5.74, 6) is -5.33. The standard InChI is InChI=1S/C11H14F4N4OS/c12-9(13)11(14,15)4-17-8(20)6-7(16)19-10(21-6)18-5-2-1-3-5/h5,9H,1-4,16H2,(H,17,20)(H,18,19). The van der Waals surface area contributed by atoms with Crippen LogP contribution in [0.15, 0.2) is 0 Å². The Balaban J connectivity index is 1.95. The summed E-state index contributed by atoms with van der Waals surface area (Å²) in [4.78, 5) is 15.5. The number of nitrogens with one attached hydrogen (secondary N) is 2. The molecule has 5 nitrogen and oxygen atoms in total. The van der Waals surface area contributed by atoms with E-state index >= 15 is 0 Å². The third-order valence-corrected chi connectivity index (χ3v) is 4.10. The Labute approximate surface area is 121 Å². The van der Waals surface area contributed by atoms with Crippen LogP contribution in [-0.2, 0) is 0 Å². The molecule has 0 aromatic carbocycles. The highest BCUT2D eigenvalue weighted by Crippen LogP contribution is 2.29. The van der Waals surface area contributed by atoms with E-state index in [-0.39, 0.29) is 16.7 Å². The largest absolute Gasteiger partial charge is 0.382 e. The zero-order valence-corrected chi connectivity index (χ0v) is 11.7. The van der Waals surface area contributed by atoms with Gasteiger partial charge in [-0.1, -0.05) is 11.3 Å². The number of nitrogens with two attached hydrogens (primary N) is 1. The fourth-order valence-corrected chi connectivity index (χ4v) is 2.52. The zero-order chi connectivity index (χ0) is 15.6. The lowest BCUT2D eigenvalue weighted by molar-refractivity contribution is -0.123. The number of anilines is 2. The second kappa shape index (κ2) is 6.04. The number of carbonyl (C=O) groups excluding carboxylic acids is 1. The van der Waals surface area contributed by atoms with Crippen molar-refractivity contribution in [3.05, 3.63) is 4.88 Å². The van der Waals surface area contributed by atoms with Gasteiger partial charge in [-0.05, 0) is 19.3 Å². The molecule has 0 bridgehead atoms. The van der Waals surface area contributed by atoms with Gasteiger partial charge in [0.1, 0.15) is 10.7 Å². The normalized spacial score (nSPS) is 15.9. The van der Waals surface area contributed by atoms with E-state index in [9.17, 15) is 22.4 Å². The van der Waals surface area contributed by atoms with Crippen LogP contribution >= 0.6 is 11.3 Å². The molecule has 21 heavy (non-hydrogen) atoms. The quantitative estimate of drug-likeness (QED) is 0.701. The van der Waals surface area contributed by atoms with Gasteiger partial charge in [0.15, 0.2) is 5.13 Å². The van der Waals surface area contributed by atoms with Crippen molar-refractivity contribution in [3.8, 4) is 0 Å². The number of rotatable bonds is 6. The van der Waals surface area contributed by atoms with E-state index < -0.39 is 24.8 Å². The van der Waals surface area contributed by atoms with Crippen LogP contribution < -0.4 is 16.4 Å². The van der Waals surface area contributed by atoms with Gasteiger partial charge in [0.2, 0.25) is 0 Å². The van der Waals surface area contributed by atoms with E-state index in [1.54, 1.807) is 5.32 Å². The molecule has 4 N–H and O–H groups in total. The fourth-order valence-electron chi connectivity index (χ4n) is 1.64. The van der Waals surface area contributed by atoms with E-state index in [1.807, 2.05) is 0 Å². The minimum absolute atomic E-state index is 0.0677. The monoisotopic (exact) mass is 326 g/mol. The molecule has 0 unspecified atom stereocenters. The number of thiazole rings is 1. The molecule has 1 aromatic heterocycles. The Hall–Kier alpha value is -1.58. The summed E-state index contributed by atoms with van der Waals surface area (Å²) in [5, 5.41) is 5.23. The molecule has 1 fully saturated rings. The lowest BCUT2D eigenvalue weighted by Gasteiger charge is -2.25. The summed E-state index contributed by atoms with van der Waals surface area (Å²) in [7, 11) is 0. The molecule has 0 aliphatic heterocycles. The molecule has 2 rings (SSSR count). The van der Waals surface area contributed by atoms with Gasteiger partial charge in [0.25, 0.3) is 5.91 Å². The topological polar surface area (TPSA) is 80.0 Å². The highest BCUT2D eigenvalue weighted by atomic mass is 32.1. The van der Waals surface area contributed by atoms with E-state index in [4.69, 9.17) is 5.73 Å². The predicted octanol–water partition coefficient (Wildman–Crippen LogP) is 2.32. The zero-order valence-electron chi connectivity index (χ0n) is 10.8. The first-order chi connectivity index (χ1) is 9.79. The third-order valence-electron chi connectivity index (χ3n) is 3.10. The van der Waals surface area contributed by atoms with E-state index in [0.29, 0.717) is 5.13 Å². The smallest absolute Gasteiger partial charge is 0.324 e. The molecule has 118 valence electrons. The highest BCUT2D eigenvalue weighted by Gasteiger charge is 2.41. The molecular formula is C11H14F4N4OS. The van der Waals surface area contributed by atoms with Crippen LogP contribution in [0.2, 0.25) is 0 Å². The van der Waals surface area contributed by atoms with Gasteiger partial charge in [0, 0.05) is 6.04 Å². The van der Waals surface area contributed by atoms with Gasteiger partial charge in [-0.25, -0.2) is 13.8 Å². The second-order valence-electron chi connectivity index (χ2n) is 4.75. The van der Waals surface area contributed by atoms with Crippen LogP contribution in [0, 0.1) is 0 Å². The summed E-state index contributed by atoms with van der Waals surface area (Å²) >= 11 is 0.913. The molecule has 0 atom stereocenters. The Morgan fingerprint density at radius 1 is 1.48 bits per heavy atom. The van der Waals surface area contributed by atoms with Crippen molar-refractivity contribution in [1.29, 1.82) is 0 Å². The molecule has 1 aliphatic rings. The SMILES string of the molecule is Nc1nc(NC2CCC2)sc1C(=O)NCC(F)(F)C(F)F. The lowest BCUT2D eigenvalue weighted by Crippen LogP contribution is -2.41. The Morgan fingerprint density at radius 2 is 2.14 bits per heavy atom. The maximum absolute atomic E-state index is 12.7. The minimum atomic E-state index is -4.28. The number of nitrogens with zero attached hydrogens (tertiary/aromatic N) is 1.